The Balaban J connectivity index is 2.16. The Morgan fingerprint density at radius 2 is 1.83 bits per heavy atom. The Morgan fingerprint density at radius 1 is 1.17 bits per heavy atom. The summed E-state index contributed by atoms with van der Waals surface area (Å²) in [7, 11) is 0. The lowest BCUT2D eigenvalue weighted by Gasteiger charge is -2.13. The van der Waals surface area contributed by atoms with E-state index in [1.807, 2.05) is 37.3 Å². The van der Waals surface area contributed by atoms with Crippen molar-refractivity contribution in [2.75, 3.05) is 0 Å². The molecule has 94 valence electrons. The summed E-state index contributed by atoms with van der Waals surface area (Å²) in [5, 5.41) is 0.748. The fraction of sp³-hybridized carbons (Fsp3) is 0.200. The fourth-order valence-electron chi connectivity index (χ4n) is 1.93. The van der Waals surface area contributed by atoms with E-state index in [1.54, 1.807) is 0 Å². The third-order valence-electron chi connectivity index (χ3n) is 2.90. The van der Waals surface area contributed by atoms with Gasteiger partial charge in [0.2, 0.25) is 0 Å². The van der Waals surface area contributed by atoms with E-state index in [1.165, 1.54) is 17.7 Å². The van der Waals surface area contributed by atoms with Gasteiger partial charge in [-0.2, -0.15) is 0 Å². The van der Waals surface area contributed by atoms with Crippen molar-refractivity contribution in [3.63, 3.8) is 0 Å². The van der Waals surface area contributed by atoms with Gasteiger partial charge in [0, 0.05) is 9.85 Å². The lowest BCUT2D eigenvalue weighted by Crippen LogP contribution is -1.98. The summed E-state index contributed by atoms with van der Waals surface area (Å²) in [5.41, 5.74) is 3.47. The lowest BCUT2D eigenvalue weighted by atomic mass is 10.0. The topological polar surface area (TPSA) is 0 Å². The highest BCUT2D eigenvalue weighted by Gasteiger charge is 2.11. The molecule has 0 spiro atoms. The van der Waals surface area contributed by atoms with Crippen LogP contribution in [0.2, 0.25) is 5.02 Å². The minimum atomic E-state index is -0.201. The van der Waals surface area contributed by atoms with Crippen molar-refractivity contribution >= 4 is 27.5 Å². The quantitative estimate of drug-likeness (QED) is 0.656. The summed E-state index contributed by atoms with van der Waals surface area (Å²) in [5.74, 6) is -0.201. The third-order valence-corrected chi connectivity index (χ3v) is 3.95. The van der Waals surface area contributed by atoms with Crippen molar-refractivity contribution in [2.24, 2.45) is 0 Å². The average Bonchev–Trinajstić information content (AvgIpc) is 2.32. The second-order valence-corrected chi connectivity index (χ2v) is 5.84. The van der Waals surface area contributed by atoms with E-state index in [2.05, 4.69) is 15.9 Å². The zero-order chi connectivity index (χ0) is 13.1. The molecule has 3 heteroatoms. The number of aryl methyl sites for hydroxylation is 1. The molecule has 2 rings (SSSR count). The van der Waals surface area contributed by atoms with E-state index >= 15 is 0 Å². The van der Waals surface area contributed by atoms with Crippen LogP contribution < -0.4 is 0 Å². The van der Waals surface area contributed by atoms with E-state index in [0.717, 1.165) is 22.6 Å². The van der Waals surface area contributed by atoms with Gasteiger partial charge in [0.15, 0.2) is 0 Å². The fourth-order valence-corrected chi connectivity index (χ4v) is 3.04. The van der Waals surface area contributed by atoms with Gasteiger partial charge < -0.3 is 0 Å². The lowest BCUT2D eigenvalue weighted by molar-refractivity contribution is 0.627. The van der Waals surface area contributed by atoms with Crippen LogP contribution in [-0.2, 0) is 6.42 Å². The average molecular weight is 328 g/mol. The molecule has 18 heavy (non-hydrogen) atoms. The summed E-state index contributed by atoms with van der Waals surface area (Å²) in [6.07, 6.45) is 0.822. The number of halogens is 3. The maximum Gasteiger partial charge on any atom is 0.123 e. The number of alkyl halides is 1. The van der Waals surface area contributed by atoms with E-state index < -0.39 is 0 Å². The predicted octanol–water partition coefficient (Wildman–Crippen LogP) is 5.47. The van der Waals surface area contributed by atoms with Gasteiger partial charge in [0.25, 0.3) is 0 Å². The van der Waals surface area contributed by atoms with Crippen molar-refractivity contribution in [3.05, 3.63) is 70.0 Å². The van der Waals surface area contributed by atoms with Crippen LogP contribution in [0.15, 0.2) is 42.5 Å². The van der Waals surface area contributed by atoms with Gasteiger partial charge in [-0.3, -0.25) is 0 Å². The predicted molar refractivity (Wildman–Crippen MR) is 78.0 cm³/mol. The van der Waals surface area contributed by atoms with Crippen molar-refractivity contribution in [3.8, 4) is 0 Å². The van der Waals surface area contributed by atoms with Crippen LogP contribution in [0.4, 0.5) is 4.39 Å². The van der Waals surface area contributed by atoms with Crippen LogP contribution >= 0.6 is 27.5 Å². The molecule has 0 N–H and O–H groups in total. The molecule has 2 aromatic carbocycles. The highest BCUT2D eigenvalue weighted by atomic mass is 79.9. The Kier molecular flexibility index (Phi) is 4.41. The van der Waals surface area contributed by atoms with Crippen LogP contribution in [0.25, 0.3) is 0 Å². The first-order valence-electron chi connectivity index (χ1n) is 5.71. The SMILES string of the molecule is Cc1cc(Cl)ccc1C(Br)Cc1ccc(F)cc1. The molecular weight excluding hydrogens is 315 g/mol. The first kappa shape index (κ1) is 13.6. The zero-order valence-corrected chi connectivity index (χ0v) is 12.3. The maximum atomic E-state index is 12.8. The van der Waals surface area contributed by atoms with Gasteiger partial charge in [-0.25, -0.2) is 4.39 Å². The monoisotopic (exact) mass is 326 g/mol. The van der Waals surface area contributed by atoms with Gasteiger partial charge in [0.1, 0.15) is 5.82 Å². The van der Waals surface area contributed by atoms with E-state index in [9.17, 15) is 4.39 Å². The molecule has 0 aliphatic carbocycles. The number of hydrogen-bond donors (Lipinski definition) is 0. The molecule has 1 unspecified atom stereocenters. The number of benzene rings is 2. The first-order valence-corrected chi connectivity index (χ1v) is 7.00. The van der Waals surface area contributed by atoms with Gasteiger partial charge in [-0.1, -0.05) is 45.7 Å². The molecule has 0 heterocycles. The minimum Gasteiger partial charge on any atom is -0.207 e. The molecule has 0 aliphatic heterocycles. The molecule has 0 aromatic heterocycles. The highest BCUT2D eigenvalue weighted by molar-refractivity contribution is 9.09. The molecule has 2 aromatic rings. The standard InChI is InChI=1S/C15H13BrClF/c1-10-8-12(17)4-7-14(10)15(16)9-11-2-5-13(18)6-3-11/h2-8,15H,9H2,1H3. The van der Waals surface area contributed by atoms with Crippen LogP contribution in [0.1, 0.15) is 21.5 Å². The first-order chi connectivity index (χ1) is 8.56. The molecule has 0 fully saturated rings. The van der Waals surface area contributed by atoms with Crippen LogP contribution in [-0.4, -0.2) is 0 Å². The van der Waals surface area contributed by atoms with Crippen LogP contribution in [0.5, 0.6) is 0 Å². The largest absolute Gasteiger partial charge is 0.207 e. The van der Waals surface area contributed by atoms with Gasteiger partial charge in [-0.05, 0) is 54.3 Å². The van der Waals surface area contributed by atoms with Crippen molar-refractivity contribution in [1.82, 2.24) is 0 Å². The van der Waals surface area contributed by atoms with Gasteiger partial charge >= 0.3 is 0 Å². The zero-order valence-electron chi connectivity index (χ0n) is 9.96. The van der Waals surface area contributed by atoms with Gasteiger partial charge in [-0.15, -0.1) is 0 Å². The number of rotatable bonds is 3. The second-order valence-electron chi connectivity index (χ2n) is 4.30. The summed E-state index contributed by atoms with van der Waals surface area (Å²) in [4.78, 5) is 0.209. The third kappa shape index (κ3) is 3.33. The summed E-state index contributed by atoms with van der Waals surface area (Å²) < 4.78 is 12.8. The molecule has 0 saturated heterocycles. The van der Waals surface area contributed by atoms with Crippen molar-refractivity contribution in [2.45, 2.75) is 18.2 Å². The summed E-state index contributed by atoms with van der Waals surface area (Å²) in [6.45, 7) is 2.04. The van der Waals surface area contributed by atoms with Gasteiger partial charge in [0.05, 0.1) is 0 Å². The molecule has 0 amide bonds. The van der Waals surface area contributed by atoms with Crippen LogP contribution in [0, 0.1) is 12.7 Å². The molecule has 1 atom stereocenters. The van der Waals surface area contributed by atoms with E-state index in [-0.39, 0.29) is 10.6 Å². The maximum absolute atomic E-state index is 12.8. The smallest absolute Gasteiger partial charge is 0.123 e. The Morgan fingerprint density at radius 3 is 2.44 bits per heavy atom. The van der Waals surface area contributed by atoms with E-state index in [0.29, 0.717) is 0 Å². The summed E-state index contributed by atoms with van der Waals surface area (Å²) in [6, 6.07) is 12.5. The Hall–Kier alpha value is -0.860. The molecule has 0 radical (unpaired) electrons. The number of hydrogen-bond acceptors (Lipinski definition) is 0. The minimum absolute atomic E-state index is 0.201. The Bertz CT molecular complexity index is 537. The summed E-state index contributed by atoms with van der Waals surface area (Å²) >= 11 is 9.62. The van der Waals surface area contributed by atoms with Crippen LogP contribution in [0.3, 0.4) is 0 Å². The highest BCUT2D eigenvalue weighted by Crippen LogP contribution is 2.30. The normalized spacial score (nSPS) is 12.4. The molecule has 0 bridgehead atoms. The molecule has 0 aliphatic rings. The molecular formula is C15H13BrClF. The van der Waals surface area contributed by atoms with Crippen molar-refractivity contribution in [1.29, 1.82) is 0 Å². The molecule has 0 nitrogen and oxygen atoms in total. The van der Waals surface area contributed by atoms with E-state index in [4.69, 9.17) is 11.6 Å². The second kappa shape index (κ2) is 5.85. The Labute approximate surface area is 120 Å². The van der Waals surface area contributed by atoms with Crippen molar-refractivity contribution < 1.29 is 4.39 Å². The molecule has 0 saturated carbocycles.